The van der Waals surface area contributed by atoms with E-state index in [4.69, 9.17) is 4.74 Å². The fraction of sp³-hybridized carbons (Fsp3) is 0.483. The van der Waals surface area contributed by atoms with Gasteiger partial charge < -0.3 is 19.7 Å². The smallest absolute Gasteiger partial charge is 0.411 e. The van der Waals surface area contributed by atoms with Crippen LogP contribution >= 0.6 is 0 Å². The predicted octanol–water partition coefficient (Wildman–Crippen LogP) is 4.86. The van der Waals surface area contributed by atoms with Gasteiger partial charge in [-0.05, 0) is 98.7 Å². The van der Waals surface area contributed by atoms with Crippen molar-refractivity contribution in [1.82, 2.24) is 10.2 Å². The Hall–Kier alpha value is -3.55. The van der Waals surface area contributed by atoms with Gasteiger partial charge in [-0.25, -0.2) is 4.79 Å². The number of nitrogens with one attached hydrogen (secondary N) is 2. The monoisotopic (exact) mass is 505 g/mol. The number of rotatable bonds is 7. The number of carbonyl (C=O) groups is 3. The van der Waals surface area contributed by atoms with Crippen LogP contribution in [0.5, 0.6) is 5.75 Å². The van der Waals surface area contributed by atoms with Crippen molar-refractivity contribution >= 4 is 23.6 Å². The van der Waals surface area contributed by atoms with Gasteiger partial charge in [-0.2, -0.15) is 0 Å². The Labute approximate surface area is 217 Å². The summed E-state index contributed by atoms with van der Waals surface area (Å²) in [6.45, 7) is 2.21. The van der Waals surface area contributed by atoms with E-state index < -0.39 is 6.09 Å². The number of amides is 3. The molecule has 0 unspecified atom stereocenters. The van der Waals surface area contributed by atoms with E-state index >= 15 is 0 Å². The van der Waals surface area contributed by atoms with E-state index in [9.17, 15) is 14.4 Å². The molecule has 0 aromatic heterocycles. The van der Waals surface area contributed by atoms with Crippen molar-refractivity contribution in [2.75, 3.05) is 32.1 Å². The van der Waals surface area contributed by atoms with Crippen LogP contribution in [0.2, 0.25) is 0 Å². The second kappa shape index (κ2) is 10.8. The Bertz CT molecular complexity index is 1140. The zero-order valence-corrected chi connectivity index (χ0v) is 21.3. The number of hydrogen-bond acceptors (Lipinski definition) is 5. The normalized spacial score (nSPS) is 22.9. The van der Waals surface area contributed by atoms with Crippen molar-refractivity contribution in [3.63, 3.8) is 0 Å². The minimum atomic E-state index is -0.566. The molecule has 2 N–H and O–H groups in total. The van der Waals surface area contributed by atoms with E-state index in [1.165, 1.54) is 20.0 Å². The van der Waals surface area contributed by atoms with Gasteiger partial charge in [-0.1, -0.05) is 6.07 Å². The maximum atomic E-state index is 13.2. The number of hydrogen-bond donors (Lipinski definition) is 2. The van der Waals surface area contributed by atoms with Crippen LogP contribution in [0.3, 0.4) is 0 Å². The van der Waals surface area contributed by atoms with Crippen molar-refractivity contribution in [2.45, 2.75) is 51.0 Å². The molecule has 37 heavy (non-hydrogen) atoms. The minimum Gasteiger partial charge on any atom is -0.493 e. The third-order valence-electron chi connectivity index (χ3n) is 7.95. The van der Waals surface area contributed by atoms with E-state index in [0.29, 0.717) is 22.7 Å². The highest BCUT2D eigenvalue weighted by Crippen LogP contribution is 2.44. The molecule has 0 radical (unpaired) electrons. The molecule has 0 atom stereocenters. The zero-order valence-electron chi connectivity index (χ0n) is 21.3. The molecule has 8 nitrogen and oxygen atoms in total. The first kappa shape index (κ1) is 25.1. The summed E-state index contributed by atoms with van der Waals surface area (Å²) >= 11 is 0. The highest BCUT2D eigenvalue weighted by Gasteiger charge is 2.42. The summed E-state index contributed by atoms with van der Waals surface area (Å²) < 4.78 is 10.4. The van der Waals surface area contributed by atoms with Crippen molar-refractivity contribution in [2.24, 2.45) is 11.3 Å². The largest absolute Gasteiger partial charge is 0.493 e. The first-order chi connectivity index (χ1) is 17.9. The summed E-state index contributed by atoms with van der Waals surface area (Å²) in [5, 5.41) is 5.81. The third-order valence-corrected chi connectivity index (χ3v) is 7.95. The van der Waals surface area contributed by atoms with Gasteiger partial charge in [0.15, 0.2) is 0 Å². The maximum absolute atomic E-state index is 13.2. The average molecular weight is 506 g/mol. The Kier molecular flexibility index (Phi) is 7.35. The molecule has 3 fully saturated rings. The topological polar surface area (TPSA) is 97.0 Å². The van der Waals surface area contributed by atoms with Crippen molar-refractivity contribution < 1.29 is 23.9 Å². The molecule has 1 heterocycles. The van der Waals surface area contributed by atoms with Gasteiger partial charge in [0.2, 0.25) is 0 Å². The molecule has 5 rings (SSSR count). The van der Waals surface area contributed by atoms with E-state index in [1.807, 2.05) is 29.2 Å². The molecule has 3 amide bonds. The molecule has 2 aliphatic carbocycles. The zero-order chi connectivity index (χ0) is 25.8. The molecule has 0 bridgehead atoms. The Morgan fingerprint density at radius 1 is 0.973 bits per heavy atom. The van der Waals surface area contributed by atoms with Crippen LogP contribution in [0.15, 0.2) is 48.5 Å². The Balaban J connectivity index is 1.10. The van der Waals surface area contributed by atoms with Crippen molar-refractivity contribution in [3.8, 4) is 5.75 Å². The number of ether oxygens (including phenoxy) is 2. The van der Waals surface area contributed by atoms with Crippen molar-refractivity contribution in [3.05, 3.63) is 59.7 Å². The van der Waals surface area contributed by atoms with Crippen LogP contribution in [0.25, 0.3) is 0 Å². The Morgan fingerprint density at radius 2 is 1.73 bits per heavy atom. The molecular formula is C29H35N3O5. The molecule has 2 aromatic rings. The first-order valence-electron chi connectivity index (χ1n) is 13.2. The van der Waals surface area contributed by atoms with Crippen LogP contribution < -0.4 is 15.4 Å². The van der Waals surface area contributed by atoms with Crippen LogP contribution in [0, 0.1) is 11.3 Å². The number of benzene rings is 2. The van der Waals surface area contributed by atoms with Crippen LogP contribution in [0.1, 0.15) is 65.7 Å². The molecule has 2 aromatic carbocycles. The van der Waals surface area contributed by atoms with Gasteiger partial charge in [0.05, 0.1) is 13.7 Å². The molecule has 2 saturated carbocycles. The fourth-order valence-corrected chi connectivity index (χ4v) is 5.44. The summed E-state index contributed by atoms with van der Waals surface area (Å²) in [6, 6.07) is 14.5. The van der Waals surface area contributed by atoms with Gasteiger partial charge in [0.1, 0.15) is 5.75 Å². The van der Waals surface area contributed by atoms with Crippen molar-refractivity contribution in [1.29, 1.82) is 0 Å². The summed E-state index contributed by atoms with van der Waals surface area (Å²) in [7, 11) is 1.30. The predicted molar refractivity (Wildman–Crippen MR) is 140 cm³/mol. The number of likely N-dealkylation sites (tertiary alicyclic amines) is 1. The molecular weight excluding hydrogens is 470 g/mol. The minimum absolute atomic E-state index is 0.0228. The lowest BCUT2D eigenvalue weighted by atomic mass is 9.72. The summed E-state index contributed by atoms with van der Waals surface area (Å²) in [5.41, 5.74) is 1.85. The third kappa shape index (κ3) is 6.24. The molecule has 3 aliphatic rings. The van der Waals surface area contributed by atoms with E-state index in [2.05, 4.69) is 15.4 Å². The second-order valence-electron chi connectivity index (χ2n) is 10.7. The highest BCUT2D eigenvalue weighted by atomic mass is 16.5. The average Bonchev–Trinajstić information content (AvgIpc) is 3.67. The van der Waals surface area contributed by atoms with E-state index in [-0.39, 0.29) is 23.3 Å². The van der Waals surface area contributed by atoms with Crippen LogP contribution in [-0.4, -0.2) is 55.7 Å². The number of carbonyl (C=O) groups excluding carboxylic acids is 3. The van der Waals surface area contributed by atoms with E-state index in [0.717, 1.165) is 57.6 Å². The molecule has 1 aliphatic heterocycles. The lowest BCUT2D eigenvalue weighted by molar-refractivity contribution is 0.0750. The van der Waals surface area contributed by atoms with Crippen LogP contribution in [-0.2, 0) is 4.74 Å². The standard InChI is InChI=1S/C29H35N3O5/c1-36-28(35)31-24-4-2-3-22(17-24)27(34)32-16-15-29(19-32)13-11-23(12-14-29)30-26(33)21-7-9-25(10-8-21)37-18-20-5-6-20/h2-4,7-10,17,20,23H,5-6,11-16,18-19H2,1H3,(H,30,33)(H,31,35). The highest BCUT2D eigenvalue weighted by molar-refractivity contribution is 5.96. The maximum Gasteiger partial charge on any atom is 0.411 e. The van der Waals surface area contributed by atoms with Gasteiger partial charge in [-0.3, -0.25) is 14.9 Å². The van der Waals surface area contributed by atoms with Gasteiger partial charge in [0.25, 0.3) is 11.8 Å². The summed E-state index contributed by atoms with van der Waals surface area (Å²) in [4.78, 5) is 39.4. The number of nitrogens with zero attached hydrogens (tertiary/aromatic N) is 1. The van der Waals surface area contributed by atoms with Gasteiger partial charge >= 0.3 is 6.09 Å². The SMILES string of the molecule is COC(=O)Nc1cccc(C(=O)N2CCC3(CCC(NC(=O)c4ccc(OCC5CC5)cc4)CC3)C2)c1. The lowest BCUT2D eigenvalue weighted by Crippen LogP contribution is -2.42. The number of anilines is 1. The summed E-state index contributed by atoms with van der Waals surface area (Å²) in [6.07, 6.45) is 6.71. The fourth-order valence-electron chi connectivity index (χ4n) is 5.44. The second-order valence-corrected chi connectivity index (χ2v) is 10.7. The summed E-state index contributed by atoms with van der Waals surface area (Å²) in [5.74, 6) is 1.45. The lowest BCUT2D eigenvalue weighted by Gasteiger charge is -2.37. The molecule has 1 saturated heterocycles. The molecule has 8 heteroatoms. The molecule has 1 spiro atoms. The van der Waals surface area contributed by atoms with Gasteiger partial charge in [-0.15, -0.1) is 0 Å². The van der Waals surface area contributed by atoms with Crippen LogP contribution in [0.4, 0.5) is 10.5 Å². The number of methoxy groups -OCH3 is 1. The van der Waals surface area contributed by atoms with Gasteiger partial charge in [0, 0.05) is 35.9 Å². The Morgan fingerprint density at radius 3 is 2.43 bits per heavy atom. The quantitative estimate of drug-likeness (QED) is 0.560. The first-order valence-corrected chi connectivity index (χ1v) is 13.2. The molecule has 196 valence electrons. The van der Waals surface area contributed by atoms with E-state index in [1.54, 1.807) is 24.3 Å².